The maximum atomic E-state index is 12.1. The lowest BCUT2D eigenvalue weighted by Crippen LogP contribution is -2.11. The fourth-order valence-electron chi connectivity index (χ4n) is 1.98. The third-order valence-electron chi connectivity index (χ3n) is 3.02. The topological polar surface area (TPSA) is 75.0 Å². The molecule has 0 spiro atoms. The van der Waals surface area contributed by atoms with E-state index in [1.165, 1.54) is 33.5 Å². The van der Waals surface area contributed by atoms with E-state index in [1.807, 2.05) is 0 Å². The summed E-state index contributed by atoms with van der Waals surface area (Å²) in [6.07, 6.45) is 0. The summed E-state index contributed by atoms with van der Waals surface area (Å²) in [7, 11) is 3.65. The van der Waals surface area contributed by atoms with Gasteiger partial charge in [-0.3, -0.25) is 0 Å². The Morgan fingerprint density at radius 1 is 0.957 bits per heavy atom. The van der Waals surface area contributed by atoms with Crippen molar-refractivity contribution in [2.75, 3.05) is 21.3 Å². The lowest BCUT2D eigenvalue weighted by Gasteiger charge is -2.04. The van der Waals surface area contributed by atoms with Crippen LogP contribution in [0.1, 0.15) is 20.7 Å². The summed E-state index contributed by atoms with van der Waals surface area (Å²) >= 11 is 11.9. The van der Waals surface area contributed by atoms with Crippen LogP contribution >= 0.6 is 23.2 Å². The van der Waals surface area contributed by atoms with Crippen LogP contribution in [0.2, 0.25) is 10.0 Å². The first kappa shape index (κ1) is 17.2. The van der Waals surface area contributed by atoms with Crippen molar-refractivity contribution >= 4 is 35.1 Å². The molecule has 0 saturated heterocycles. The Kier molecular flexibility index (Phi) is 5.18. The average Bonchev–Trinajstić information content (AvgIpc) is 2.95. The van der Waals surface area contributed by atoms with E-state index >= 15 is 0 Å². The second-order valence-corrected chi connectivity index (χ2v) is 5.10. The Labute approximate surface area is 141 Å². The molecule has 2 aromatic rings. The molecule has 0 unspecified atom stereocenters. The van der Waals surface area contributed by atoms with Gasteiger partial charge in [0.05, 0.1) is 31.4 Å². The van der Waals surface area contributed by atoms with E-state index in [2.05, 4.69) is 4.74 Å². The van der Waals surface area contributed by atoms with Gasteiger partial charge in [0, 0.05) is 5.56 Å². The molecule has 0 radical (unpaired) electrons. The Morgan fingerprint density at radius 2 is 1.57 bits per heavy atom. The zero-order valence-electron chi connectivity index (χ0n) is 12.4. The number of rotatable bonds is 4. The van der Waals surface area contributed by atoms with Gasteiger partial charge in [0.15, 0.2) is 11.3 Å². The monoisotopic (exact) mass is 358 g/mol. The number of hydrogen-bond acceptors (Lipinski definition) is 6. The van der Waals surface area contributed by atoms with E-state index in [0.717, 1.165) is 0 Å². The molecule has 1 aromatic carbocycles. The van der Waals surface area contributed by atoms with E-state index < -0.39 is 11.9 Å². The van der Waals surface area contributed by atoms with E-state index in [1.54, 1.807) is 6.07 Å². The molecule has 0 aliphatic carbocycles. The predicted octanol–water partition coefficient (Wildman–Crippen LogP) is 3.84. The van der Waals surface area contributed by atoms with Crippen LogP contribution in [0.5, 0.6) is 5.95 Å². The molecule has 0 amide bonds. The molecule has 0 fully saturated rings. The van der Waals surface area contributed by atoms with Crippen molar-refractivity contribution in [1.29, 1.82) is 0 Å². The van der Waals surface area contributed by atoms with E-state index in [9.17, 15) is 9.59 Å². The first-order valence-electron chi connectivity index (χ1n) is 6.27. The number of esters is 2. The van der Waals surface area contributed by atoms with Crippen molar-refractivity contribution in [1.82, 2.24) is 0 Å². The van der Waals surface area contributed by atoms with Crippen LogP contribution in [0.25, 0.3) is 11.3 Å². The summed E-state index contributed by atoms with van der Waals surface area (Å²) in [6, 6.07) is 4.61. The molecular weight excluding hydrogens is 347 g/mol. The summed E-state index contributed by atoms with van der Waals surface area (Å²) < 4.78 is 19.9. The normalized spacial score (nSPS) is 10.3. The average molecular weight is 359 g/mol. The lowest BCUT2D eigenvalue weighted by molar-refractivity contribution is 0.0554. The van der Waals surface area contributed by atoms with Gasteiger partial charge in [-0.15, -0.1) is 0 Å². The number of hydrogen-bond donors (Lipinski definition) is 0. The molecule has 23 heavy (non-hydrogen) atoms. The van der Waals surface area contributed by atoms with Crippen molar-refractivity contribution < 1.29 is 28.2 Å². The van der Waals surface area contributed by atoms with E-state index in [4.69, 9.17) is 37.1 Å². The van der Waals surface area contributed by atoms with Gasteiger partial charge in [0.1, 0.15) is 5.56 Å². The number of methoxy groups -OCH3 is 3. The third kappa shape index (κ3) is 3.13. The number of carbonyl (C=O) groups is 2. The van der Waals surface area contributed by atoms with Crippen molar-refractivity contribution in [2.45, 2.75) is 0 Å². The van der Waals surface area contributed by atoms with Gasteiger partial charge in [0.2, 0.25) is 0 Å². The quantitative estimate of drug-likeness (QED) is 0.773. The Morgan fingerprint density at radius 3 is 2.09 bits per heavy atom. The summed E-state index contributed by atoms with van der Waals surface area (Å²) in [5.74, 6) is -1.68. The molecule has 0 aliphatic heterocycles. The molecule has 0 atom stereocenters. The van der Waals surface area contributed by atoms with Crippen molar-refractivity contribution in [2.24, 2.45) is 0 Å². The fraction of sp³-hybridized carbons (Fsp3) is 0.200. The molecule has 1 aromatic heterocycles. The number of ether oxygens (including phenoxy) is 3. The maximum absolute atomic E-state index is 12.1. The summed E-state index contributed by atoms with van der Waals surface area (Å²) in [5.41, 5.74) is 0.144. The van der Waals surface area contributed by atoms with Crippen LogP contribution in [0.15, 0.2) is 22.6 Å². The van der Waals surface area contributed by atoms with Crippen LogP contribution in [-0.4, -0.2) is 33.3 Å². The van der Waals surface area contributed by atoms with Gasteiger partial charge in [-0.2, -0.15) is 0 Å². The Bertz CT molecular complexity index is 766. The second kappa shape index (κ2) is 6.93. The van der Waals surface area contributed by atoms with Crippen LogP contribution in [0, 0.1) is 0 Å². The van der Waals surface area contributed by atoms with Crippen LogP contribution in [-0.2, 0) is 9.47 Å². The first-order chi connectivity index (χ1) is 10.9. The van der Waals surface area contributed by atoms with E-state index in [-0.39, 0.29) is 27.9 Å². The van der Waals surface area contributed by atoms with Crippen molar-refractivity contribution in [3.8, 4) is 17.3 Å². The van der Waals surface area contributed by atoms with Gasteiger partial charge < -0.3 is 18.6 Å². The Hall–Kier alpha value is -2.18. The SMILES string of the molecule is COC(=O)c1c(OC)oc(-c2ccc(Cl)c(Cl)c2)c1C(=O)OC. The van der Waals surface area contributed by atoms with E-state index in [0.29, 0.717) is 10.6 Å². The number of carbonyl (C=O) groups excluding carboxylic acids is 2. The smallest absolute Gasteiger partial charge is 0.346 e. The van der Waals surface area contributed by atoms with Crippen LogP contribution in [0.4, 0.5) is 0 Å². The molecule has 6 nitrogen and oxygen atoms in total. The zero-order chi connectivity index (χ0) is 17.1. The highest BCUT2D eigenvalue weighted by Crippen LogP contribution is 2.38. The molecule has 0 bridgehead atoms. The minimum atomic E-state index is -0.794. The van der Waals surface area contributed by atoms with Gasteiger partial charge in [-0.25, -0.2) is 9.59 Å². The Balaban J connectivity index is 2.76. The molecule has 0 aliphatic rings. The highest BCUT2D eigenvalue weighted by Gasteiger charge is 2.33. The fourth-order valence-corrected chi connectivity index (χ4v) is 2.28. The highest BCUT2D eigenvalue weighted by atomic mass is 35.5. The van der Waals surface area contributed by atoms with Crippen LogP contribution in [0.3, 0.4) is 0 Å². The number of furan rings is 1. The number of benzene rings is 1. The molecule has 0 saturated carbocycles. The van der Waals surface area contributed by atoms with Gasteiger partial charge in [0.25, 0.3) is 0 Å². The van der Waals surface area contributed by atoms with Gasteiger partial charge in [-0.1, -0.05) is 23.2 Å². The third-order valence-corrected chi connectivity index (χ3v) is 3.76. The minimum Gasteiger partial charge on any atom is -0.468 e. The van der Waals surface area contributed by atoms with Crippen LogP contribution < -0.4 is 4.74 Å². The number of halogens is 2. The molecular formula is C15H12Cl2O6. The second-order valence-electron chi connectivity index (χ2n) is 4.28. The predicted molar refractivity (Wildman–Crippen MR) is 83.4 cm³/mol. The van der Waals surface area contributed by atoms with Gasteiger partial charge in [-0.05, 0) is 18.2 Å². The summed E-state index contributed by atoms with van der Waals surface area (Å²) in [4.78, 5) is 24.1. The van der Waals surface area contributed by atoms with Crippen molar-refractivity contribution in [3.63, 3.8) is 0 Å². The first-order valence-corrected chi connectivity index (χ1v) is 7.03. The molecule has 1 heterocycles. The standard InChI is InChI=1S/C15H12Cl2O6/c1-20-13(18)10-11(14(19)21-2)15(22-3)23-12(10)7-4-5-8(16)9(17)6-7/h4-6H,1-3H3. The molecule has 0 N–H and O–H groups in total. The summed E-state index contributed by atoms with van der Waals surface area (Å²) in [5, 5.41) is 0.594. The molecule has 122 valence electrons. The van der Waals surface area contributed by atoms with Gasteiger partial charge >= 0.3 is 17.9 Å². The molecule has 8 heteroatoms. The highest BCUT2D eigenvalue weighted by molar-refractivity contribution is 6.42. The minimum absolute atomic E-state index is 0.0627. The lowest BCUT2D eigenvalue weighted by atomic mass is 10.1. The largest absolute Gasteiger partial charge is 0.468 e. The molecule has 2 rings (SSSR count). The maximum Gasteiger partial charge on any atom is 0.346 e. The zero-order valence-corrected chi connectivity index (χ0v) is 13.9. The summed E-state index contributed by atoms with van der Waals surface area (Å²) in [6.45, 7) is 0. The van der Waals surface area contributed by atoms with Crippen molar-refractivity contribution in [3.05, 3.63) is 39.4 Å².